The highest BCUT2D eigenvalue weighted by Crippen LogP contribution is 2.25. The molecule has 0 aliphatic carbocycles. The molecule has 0 N–H and O–H groups in total. The second-order valence-corrected chi connectivity index (χ2v) is 9.23. The molecule has 0 aliphatic heterocycles. The van der Waals surface area contributed by atoms with E-state index in [2.05, 4.69) is 24.0 Å². The third kappa shape index (κ3) is 4.49. The molecule has 29 heavy (non-hydrogen) atoms. The summed E-state index contributed by atoms with van der Waals surface area (Å²) in [7, 11) is -0.675. The number of methoxy groups -OCH3 is 1. The zero-order chi connectivity index (χ0) is 21.2. The zero-order valence-electron chi connectivity index (χ0n) is 17.2. The van der Waals surface area contributed by atoms with E-state index in [-0.39, 0.29) is 17.3 Å². The molecule has 0 aliphatic rings. The molecule has 154 valence electrons. The van der Waals surface area contributed by atoms with Gasteiger partial charge in [-0.25, -0.2) is 8.42 Å². The van der Waals surface area contributed by atoms with Crippen LogP contribution in [0.4, 0.5) is 0 Å². The highest BCUT2D eigenvalue weighted by molar-refractivity contribution is 7.89. The largest absolute Gasteiger partial charge is 0.496 e. The third-order valence-corrected chi connectivity index (χ3v) is 6.54. The molecule has 3 rings (SSSR count). The summed E-state index contributed by atoms with van der Waals surface area (Å²) in [4.78, 5) is 4.53. The Kier molecular flexibility index (Phi) is 6.04. The fourth-order valence-electron chi connectivity index (χ4n) is 2.92. The summed E-state index contributed by atoms with van der Waals surface area (Å²) in [5, 5.41) is 3.98. The SMILES string of the molecule is COc1ccc(S(=O)(=O)N(C)Cc2nc(-c3ccc(C(C)C)cc3)no2)cc1C. The van der Waals surface area contributed by atoms with E-state index in [0.717, 1.165) is 11.1 Å². The number of ether oxygens (including phenoxy) is 1. The molecule has 0 radical (unpaired) electrons. The van der Waals surface area contributed by atoms with E-state index in [4.69, 9.17) is 9.26 Å². The Balaban J connectivity index is 1.77. The van der Waals surface area contributed by atoms with Gasteiger partial charge in [-0.1, -0.05) is 43.3 Å². The first-order valence-corrected chi connectivity index (χ1v) is 10.7. The molecule has 2 aromatic carbocycles. The minimum Gasteiger partial charge on any atom is -0.496 e. The lowest BCUT2D eigenvalue weighted by atomic mass is 10.0. The van der Waals surface area contributed by atoms with E-state index >= 15 is 0 Å². The lowest BCUT2D eigenvalue weighted by Gasteiger charge is -2.16. The smallest absolute Gasteiger partial charge is 0.243 e. The number of nitrogens with zero attached hydrogens (tertiary/aromatic N) is 3. The van der Waals surface area contributed by atoms with Gasteiger partial charge in [0.1, 0.15) is 5.75 Å². The van der Waals surface area contributed by atoms with Crippen LogP contribution in [0.5, 0.6) is 5.75 Å². The van der Waals surface area contributed by atoms with Crippen LogP contribution in [-0.4, -0.2) is 37.0 Å². The van der Waals surface area contributed by atoms with Crippen LogP contribution in [0.3, 0.4) is 0 Å². The highest BCUT2D eigenvalue weighted by atomic mass is 32.2. The minimum atomic E-state index is -3.71. The van der Waals surface area contributed by atoms with E-state index < -0.39 is 10.0 Å². The Morgan fingerprint density at radius 1 is 1.14 bits per heavy atom. The first kappa shape index (κ1) is 21.0. The molecule has 1 aromatic heterocycles. The second kappa shape index (κ2) is 8.34. The Morgan fingerprint density at radius 2 is 1.83 bits per heavy atom. The predicted molar refractivity (Wildman–Crippen MR) is 110 cm³/mol. The van der Waals surface area contributed by atoms with Crippen molar-refractivity contribution in [2.24, 2.45) is 0 Å². The summed E-state index contributed by atoms with van der Waals surface area (Å²) in [6, 6.07) is 12.7. The maximum absolute atomic E-state index is 12.9. The number of aryl methyl sites for hydroxylation is 1. The Hall–Kier alpha value is -2.71. The topological polar surface area (TPSA) is 85.5 Å². The zero-order valence-corrected chi connectivity index (χ0v) is 18.0. The molecule has 8 heteroatoms. The van der Waals surface area contributed by atoms with Crippen LogP contribution < -0.4 is 4.74 Å². The van der Waals surface area contributed by atoms with E-state index in [9.17, 15) is 8.42 Å². The van der Waals surface area contributed by atoms with Crippen molar-refractivity contribution >= 4 is 10.0 Å². The van der Waals surface area contributed by atoms with Gasteiger partial charge >= 0.3 is 0 Å². The van der Waals surface area contributed by atoms with Gasteiger partial charge < -0.3 is 9.26 Å². The molecular weight excluding hydrogens is 390 g/mol. The molecular formula is C21H25N3O4S. The van der Waals surface area contributed by atoms with Gasteiger partial charge in [-0.15, -0.1) is 0 Å². The van der Waals surface area contributed by atoms with Gasteiger partial charge in [0, 0.05) is 12.6 Å². The summed E-state index contributed by atoms with van der Waals surface area (Å²) >= 11 is 0. The predicted octanol–water partition coefficient (Wildman–Crippen LogP) is 4.00. The van der Waals surface area contributed by atoms with E-state index in [1.54, 1.807) is 26.2 Å². The molecule has 7 nitrogen and oxygen atoms in total. The van der Waals surface area contributed by atoms with Gasteiger partial charge in [-0.3, -0.25) is 0 Å². The molecule has 0 atom stereocenters. The number of aromatic nitrogens is 2. The van der Waals surface area contributed by atoms with Crippen molar-refractivity contribution in [1.29, 1.82) is 0 Å². The number of sulfonamides is 1. The normalized spacial score (nSPS) is 12.0. The number of hydrogen-bond donors (Lipinski definition) is 0. The first-order valence-electron chi connectivity index (χ1n) is 9.26. The fraction of sp³-hybridized carbons (Fsp3) is 0.333. The summed E-state index contributed by atoms with van der Waals surface area (Å²) in [6.45, 7) is 6.03. The van der Waals surface area contributed by atoms with Gasteiger partial charge in [0.2, 0.25) is 21.7 Å². The van der Waals surface area contributed by atoms with Crippen molar-refractivity contribution in [2.75, 3.05) is 14.2 Å². The minimum absolute atomic E-state index is 0.0233. The average molecular weight is 416 g/mol. The van der Waals surface area contributed by atoms with Crippen molar-refractivity contribution in [3.05, 3.63) is 59.5 Å². The van der Waals surface area contributed by atoms with Gasteiger partial charge in [0.05, 0.1) is 18.6 Å². The van der Waals surface area contributed by atoms with Gasteiger partial charge in [0.15, 0.2) is 0 Å². The van der Waals surface area contributed by atoms with Crippen molar-refractivity contribution in [1.82, 2.24) is 14.4 Å². The van der Waals surface area contributed by atoms with Crippen molar-refractivity contribution in [3.8, 4) is 17.1 Å². The Bertz CT molecular complexity index is 1090. The molecule has 0 bridgehead atoms. The van der Waals surface area contributed by atoms with Crippen LogP contribution in [0.25, 0.3) is 11.4 Å². The summed E-state index contributed by atoms with van der Waals surface area (Å²) in [5.74, 6) is 1.73. The summed E-state index contributed by atoms with van der Waals surface area (Å²) in [5.41, 5.74) is 2.78. The molecule has 0 fully saturated rings. The molecule has 1 heterocycles. The molecule has 3 aromatic rings. The molecule has 0 spiro atoms. The Labute approximate surface area is 171 Å². The van der Waals surface area contributed by atoms with Crippen molar-refractivity contribution in [2.45, 2.75) is 38.1 Å². The highest BCUT2D eigenvalue weighted by Gasteiger charge is 2.24. The van der Waals surface area contributed by atoms with Gasteiger partial charge in [0.25, 0.3) is 0 Å². The summed E-state index contributed by atoms with van der Waals surface area (Å²) in [6.07, 6.45) is 0. The lowest BCUT2D eigenvalue weighted by molar-refractivity contribution is 0.336. The third-order valence-electron chi connectivity index (χ3n) is 4.74. The first-order chi connectivity index (χ1) is 13.7. The standard InChI is InChI=1S/C21H25N3O4S/c1-14(2)16-6-8-17(9-7-16)21-22-20(28-23-21)13-24(4)29(25,26)18-10-11-19(27-5)15(3)12-18/h6-12,14H,13H2,1-5H3. The number of hydrogen-bond acceptors (Lipinski definition) is 6. The molecule has 0 saturated carbocycles. The molecule has 0 unspecified atom stereocenters. The second-order valence-electron chi connectivity index (χ2n) is 7.18. The Morgan fingerprint density at radius 3 is 2.41 bits per heavy atom. The summed E-state index contributed by atoms with van der Waals surface area (Å²) < 4.78 is 37.4. The fourth-order valence-corrected chi connectivity index (χ4v) is 4.13. The maximum Gasteiger partial charge on any atom is 0.243 e. The molecule has 0 saturated heterocycles. The van der Waals surface area contributed by atoms with E-state index in [1.165, 1.54) is 23.0 Å². The molecule has 0 amide bonds. The van der Waals surface area contributed by atoms with Crippen LogP contribution in [0.2, 0.25) is 0 Å². The van der Waals surface area contributed by atoms with Gasteiger partial charge in [-0.05, 0) is 42.2 Å². The van der Waals surface area contributed by atoms with E-state index in [1.807, 2.05) is 24.3 Å². The van der Waals surface area contributed by atoms with E-state index in [0.29, 0.717) is 17.5 Å². The van der Waals surface area contributed by atoms with Crippen molar-refractivity contribution < 1.29 is 17.7 Å². The van der Waals surface area contributed by atoms with Gasteiger partial charge in [-0.2, -0.15) is 9.29 Å². The van der Waals surface area contributed by atoms with Crippen LogP contribution in [-0.2, 0) is 16.6 Å². The number of benzene rings is 2. The number of rotatable bonds is 7. The van der Waals surface area contributed by atoms with Crippen LogP contribution in [0.15, 0.2) is 51.9 Å². The van der Waals surface area contributed by atoms with Crippen molar-refractivity contribution in [3.63, 3.8) is 0 Å². The monoisotopic (exact) mass is 415 g/mol. The van der Waals surface area contributed by atoms with Crippen LogP contribution in [0.1, 0.15) is 36.8 Å². The van der Waals surface area contributed by atoms with Crippen LogP contribution in [0, 0.1) is 6.92 Å². The maximum atomic E-state index is 12.9. The average Bonchev–Trinajstić information content (AvgIpc) is 3.16. The lowest BCUT2D eigenvalue weighted by Crippen LogP contribution is -2.26. The van der Waals surface area contributed by atoms with Crippen LogP contribution >= 0.6 is 0 Å². The quantitative estimate of drug-likeness (QED) is 0.580.